The molecule has 1 heterocycles. The highest BCUT2D eigenvalue weighted by Gasteiger charge is 2.13. The molecular weight excluding hydrogens is 298 g/mol. The summed E-state index contributed by atoms with van der Waals surface area (Å²) in [5, 5.41) is 3.33. The van der Waals surface area contributed by atoms with E-state index >= 15 is 0 Å². The molecular formula is C13H14BrNOS. The second kappa shape index (κ2) is 5.67. The van der Waals surface area contributed by atoms with Gasteiger partial charge in [-0.2, -0.15) is 0 Å². The lowest BCUT2D eigenvalue weighted by Gasteiger charge is -2.15. The predicted molar refractivity (Wildman–Crippen MR) is 75.9 cm³/mol. The van der Waals surface area contributed by atoms with Crippen LogP contribution in [0.4, 0.5) is 0 Å². The molecule has 0 bridgehead atoms. The molecule has 1 aromatic carbocycles. The molecule has 0 radical (unpaired) electrons. The number of ether oxygens (including phenoxy) is 1. The number of methoxy groups -OCH3 is 1. The largest absolute Gasteiger partial charge is 0.497 e. The van der Waals surface area contributed by atoms with Crippen LogP contribution in [-0.4, -0.2) is 14.2 Å². The highest BCUT2D eigenvalue weighted by Crippen LogP contribution is 2.31. The van der Waals surface area contributed by atoms with Crippen molar-refractivity contribution in [3.05, 3.63) is 50.6 Å². The van der Waals surface area contributed by atoms with Crippen molar-refractivity contribution in [3.63, 3.8) is 0 Å². The third-order valence-corrected chi connectivity index (χ3v) is 4.30. The Kier molecular flexibility index (Phi) is 4.20. The van der Waals surface area contributed by atoms with Gasteiger partial charge in [-0.1, -0.05) is 12.1 Å². The van der Waals surface area contributed by atoms with Crippen LogP contribution in [0.2, 0.25) is 0 Å². The van der Waals surface area contributed by atoms with Crippen molar-refractivity contribution in [2.24, 2.45) is 0 Å². The van der Waals surface area contributed by atoms with E-state index in [2.05, 4.69) is 45.5 Å². The number of rotatable bonds is 4. The Hall–Kier alpha value is -0.840. The molecule has 1 aromatic heterocycles. The quantitative estimate of drug-likeness (QED) is 0.926. The van der Waals surface area contributed by atoms with Gasteiger partial charge in [0.2, 0.25) is 0 Å². The van der Waals surface area contributed by atoms with E-state index in [4.69, 9.17) is 4.74 Å². The minimum atomic E-state index is 0.234. The Balaban J connectivity index is 2.28. The fraction of sp³-hybridized carbons (Fsp3) is 0.231. The molecule has 0 saturated carbocycles. The van der Waals surface area contributed by atoms with Gasteiger partial charge in [-0.05, 0) is 52.8 Å². The summed E-state index contributed by atoms with van der Waals surface area (Å²) in [4.78, 5) is 1.30. The lowest BCUT2D eigenvalue weighted by molar-refractivity contribution is 0.414. The van der Waals surface area contributed by atoms with Gasteiger partial charge in [0.05, 0.1) is 16.9 Å². The molecule has 1 N–H and O–H groups in total. The number of halogens is 1. The van der Waals surface area contributed by atoms with Gasteiger partial charge < -0.3 is 10.1 Å². The van der Waals surface area contributed by atoms with E-state index in [9.17, 15) is 0 Å². The molecule has 1 atom stereocenters. The number of hydrogen-bond acceptors (Lipinski definition) is 3. The molecule has 17 heavy (non-hydrogen) atoms. The maximum absolute atomic E-state index is 5.17. The third-order valence-electron chi connectivity index (χ3n) is 2.62. The molecule has 2 nitrogen and oxygen atoms in total. The zero-order valence-corrected chi connectivity index (χ0v) is 12.1. The van der Waals surface area contributed by atoms with E-state index in [0.717, 1.165) is 9.54 Å². The van der Waals surface area contributed by atoms with Crippen LogP contribution in [0.25, 0.3) is 0 Å². The molecule has 2 aromatic rings. The van der Waals surface area contributed by atoms with Crippen molar-refractivity contribution in [1.29, 1.82) is 0 Å². The Morgan fingerprint density at radius 3 is 2.35 bits per heavy atom. The van der Waals surface area contributed by atoms with Gasteiger partial charge in [0, 0.05) is 4.88 Å². The maximum atomic E-state index is 5.17. The minimum absolute atomic E-state index is 0.234. The SMILES string of the molecule is CNC(c1ccc(OC)cc1)c1ccc(Br)s1. The maximum Gasteiger partial charge on any atom is 0.118 e. The fourth-order valence-corrected chi connectivity index (χ4v) is 3.32. The summed E-state index contributed by atoms with van der Waals surface area (Å²) in [5.74, 6) is 0.885. The molecule has 90 valence electrons. The highest BCUT2D eigenvalue weighted by atomic mass is 79.9. The van der Waals surface area contributed by atoms with Crippen molar-refractivity contribution in [2.45, 2.75) is 6.04 Å². The summed E-state index contributed by atoms with van der Waals surface area (Å²) in [6.45, 7) is 0. The predicted octanol–water partition coefficient (Wildman–Crippen LogP) is 3.83. The molecule has 0 amide bonds. The minimum Gasteiger partial charge on any atom is -0.497 e. The molecule has 1 unspecified atom stereocenters. The van der Waals surface area contributed by atoms with Gasteiger partial charge in [-0.15, -0.1) is 11.3 Å². The van der Waals surface area contributed by atoms with Crippen LogP contribution in [0.5, 0.6) is 5.75 Å². The molecule has 0 fully saturated rings. The number of benzene rings is 1. The van der Waals surface area contributed by atoms with Crippen LogP contribution >= 0.6 is 27.3 Å². The molecule has 0 spiro atoms. The van der Waals surface area contributed by atoms with E-state index in [1.165, 1.54) is 10.4 Å². The average Bonchev–Trinajstić information content (AvgIpc) is 2.78. The Morgan fingerprint density at radius 1 is 1.18 bits per heavy atom. The van der Waals surface area contributed by atoms with Crippen molar-refractivity contribution >= 4 is 27.3 Å². The standard InChI is InChI=1S/C13H14BrNOS/c1-15-13(11-7-8-12(14)17-11)9-3-5-10(16-2)6-4-9/h3-8,13,15H,1-2H3. The van der Waals surface area contributed by atoms with Crippen LogP contribution < -0.4 is 10.1 Å². The Morgan fingerprint density at radius 2 is 1.88 bits per heavy atom. The molecule has 2 rings (SSSR count). The summed E-state index contributed by atoms with van der Waals surface area (Å²) in [7, 11) is 3.66. The molecule has 4 heteroatoms. The first kappa shape index (κ1) is 12.6. The van der Waals surface area contributed by atoms with E-state index in [1.807, 2.05) is 19.2 Å². The summed E-state index contributed by atoms with van der Waals surface area (Å²) >= 11 is 5.24. The van der Waals surface area contributed by atoms with Crippen molar-refractivity contribution in [2.75, 3.05) is 14.2 Å². The van der Waals surface area contributed by atoms with Crippen LogP contribution in [0.1, 0.15) is 16.5 Å². The highest BCUT2D eigenvalue weighted by molar-refractivity contribution is 9.11. The van der Waals surface area contributed by atoms with E-state index in [0.29, 0.717) is 0 Å². The van der Waals surface area contributed by atoms with E-state index < -0.39 is 0 Å². The van der Waals surface area contributed by atoms with Crippen molar-refractivity contribution in [3.8, 4) is 5.75 Å². The fourth-order valence-electron chi connectivity index (χ4n) is 1.75. The summed E-state index contributed by atoms with van der Waals surface area (Å²) in [5.41, 5.74) is 1.24. The van der Waals surface area contributed by atoms with Crippen LogP contribution in [-0.2, 0) is 0 Å². The molecule has 0 aliphatic heterocycles. The van der Waals surface area contributed by atoms with E-state index in [-0.39, 0.29) is 6.04 Å². The number of nitrogens with one attached hydrogen (secondary N) is 1. The first-order chi connectivity index (χ1) is 8.24. The molecule has 0 aliphatic rings. The summed E-state index contributed by atoms with van der Waals surface area (Å²) < 4.78 is 6.32. The number of thiophene rings is 1. The third kappa shape index (κ3) is 2.89. The topological polar surface area (TPSA) is 21.3 Å². The first-order valence-corrected chi connectivity index (χ1v) is 6.92. The van der Waals surface area contributed by atoms with Crippen LogP contribution in [0.3, 0.4) is 0 Å². The van der Waals surface area contributed by atoms with Gasteiger partial charge in [0.1, 0.15) is 5.75 Å². The van der Waals surface area contributed by atoms with E-state index in [1.54, 1.807) is 18.4 Å². The monoisotopic (exact) mass is 311 g/mol. The summed E-state index contributed by atoms with van der Waals surface area (Å²) in [6.07, 6.45) is 0. The normalized spacial score (nSPS) is 12.4. The van der Waals surface area contributed by atoms with Gasteiger partial charge in [-0.3, -0.25) is 0 Å². The van der Waals surface area contributed by atoms with Gasteiger partial charge in [0.25, 0.3) is 0 Å². The lowest BCUT2D eigenvalue weighted by Crippen LogP contribution is -2.16. The Labute approximate surface area is 114 Å². The van der Waals surface area contributed by atoms with Gasteiger partial charge in [-0.25, -0.2) is 0 Å². The summed E-state index contributed by atoms with van der Waals surface area (Å²) in [6, 6.07) is 12.6. The van der Waals surface area contributed by atoms with Crippen molar-refractivity contribution < 1.29 is 4.74 Å². The Bertz CT molecular complexity index is 480. The smallest absolute Gasteiger partial charge is 0.118 e. The van der Waals surface area contributed by atoms with Crippen LogP contribution in [0, 0.1) is 0 Å². The van der Waals surface area contributed by atoms with Crippen molar-refractivity contribution in [1.82, 2.24) is 5.32 Å². The number of hydrogen-bond donors (Lipinski definition) is 1. The first-order valence-electron chi connectivity index (χ1n) is 5.31. The lowest BCUT2D eigenvalue weighted by atomic mass is 10.1. The second-order valence-corrected chi connectivity index (χ2v) is 6.13. The van der Waals surface area contributed by atoms with Gasteiger partial charge in [0.15, 0.2) is 0 Å². The molecule has 0 aliphatic carbocycles. The average molecular weight is 312 g/mol. The zero-order chi connectivity index (χ0) is 12.3. The molecule has 0 saturated heterocycles. The van der Waals surface area contributed by atoms with Gasteiger partial charge >= 0.3 is 0 Å². The zero-order valence-electron chi connectivity index (χ0n) is 9.74. The second-order valence-electron chi connectivity index (χ2n) is 3.64. The van der Waals surface area contributed by atoms with Crippen LogP contribution in [0.15, 0.2) is 40.2 Å².